The van der Waals surface area contributed by atoms with Crippen LogP contribution in [-0.2, 0) is 4.84 Å². The lowest BCUT2D eigenvalue weighted by Gasteiger charge is -2.26. The summed E-state index contributed by atoms with van der Waals surface area (Å²) < 4.78 is 0. The Hall–Kier alpha value is -1.31. The van der Waals surface area contributed by atoms with Crippen molar-refractivity contribution in [1.29, 1.82) is 0 Å². The van der Waals surface area contributed by atoms with Gasteiger partial charge in [-0.25, -0.2) is 0 Å². The van der Waals surface area contributed by atoms with E-state index in [1.54, 1.807) is 0 Å². The quantitative estimate of drug-likeness (QED) is 0.723. The van der Waals surface area contributed by atoms with Gasteiger partial charge in [-0.2, -0.15) is 0 Å². The van der Waals surface area contributed by atoms with Crippen LogP contribution in [-0.4, -0.2) is 11.8 Å². The number of oxime groups is 1. The maximum Gasteiger partial charge on any atom is 0.135 e. The summed E-state index contributed by atoms with van der Waals surface area (Å²) >= 11 is 0. The first-order chi connectivity index (χ1) is 7.18. The zero-order chi connectivity index (χ0) is 10.9. The molecule has 0 aliphatic carbocycles. The van der Waals surface area contributed by atoms with E-state index in [4.69, 9.17) is 4.84 Å². The predicted molar refractivity (Wildman–Crippen MR) is 61.9 cm³/mol. The SMILES string of the molecule is CCC1(C)C(c2ccccc2)=NOC1C. The summed E-state index contributed by atoms with van der Waals surface area (Å²) in [5.74, 6) is 0. The highest BCUT2D eigenvalue weighted by Gasteiger charge is 2.42. The van der Waals surface area contributed by atoms with Gasteiger partial charge in [-0.05, 0) is 13.3 Å². The van der Waals surface area contributed by atoms with Gasteiger partial charge in [0.15, 0.2) is 0 Å². The maximum absolute atomic E-state index is 5.41. The molecule has 0 saturated carbocycles. The van der Waals surface area contributed by atoms with E-state index in [0.29, 0.717) is 0 Å². The van der Waals surface area contributed by atoms with Crippen LogP contribution in [0.15, 0.2) is 35.5 Å². The van der Waals surface area contributed by atoms with E-state index >= 15 is 0 Å². The van der Waals surface area contributed by atoms with Crippen molar-refractivity contribution in [2.75, 3.05) is 0 Å². The fraction of sp³-hybridized carbons (Fsp3) is 0.462. The van der Waals surface area contributed by atoms with Crippen LogP contribution < -0.4 is 0 Å². The second-order valence-electron chi connectivity index (χ2n) is 4.32. The molecule has 1 heterocycles. The molecule has 0 fully saturated rings. The van der Waals surface area contributed by atoms with E-state index in [1.807, 2.05) is 18.2 Å². The lowest BCUT2D eigenvalue weighted by molar-refractivity contribution is 0.0432. The van der Waals surface area contributed by atoms with Crippen molar-refractivity contribution in [3.63, 3.8) is 0 Å². The molecule has 2 rings (SSSR count). The molecule has 15 heavy (non-hydrogen) atoms. The fourth-order valence-electron chi connectivity index (χ4n) is 1.98. The van der Waals surface area contributed by atoms with Crippen LogP contribution >= 0.6 is 0 Å². The smallest absolute Gasteiger partial charge is 0.135 e. The first kappa shape index (κ1) is 10.2. The van der Waals surface area contributed by atoms with Crippen LogP contribution in [0.1, 0.15) is 32.8 Å². The molecule has 0 bridgehead atoms. The van der Waals surface area contributed by atoms with E-state index in [-0.39, 0.29) is 11.5 Å². The van der Waals surface area contributed by atoms with Crippen LogP contribution in [0.4, 0.5) is 0 Å². The molecular weight excluding hydrogens is 186 g/mol. The van der Waals surface area contributed by atoms with Crippen LogP contribution in [0.25, 0.3) is 0 Å². The van der Waals surface area contributed by atoms with E-state index in [9.17, 15) is 0 Å². The Morgan fingerprint density at radius 1 is 1.33 bits per heavy atom. The Morgan fingerprint density at radius 2 is 2.00 bits per heavy atom. The molecule has 1 aliphatic heterocycles. The minimum Gasteiger partial charge on any atom is -0.392 e. The Kier molecular flexibility index (Phi) is 2.51. The maximum atomic E-state index is 5.41. The minimum atomic E-state index is 0.0430. The third-order valence-electron chi connectivity index (χ3n) is 3.52. The largest absolute Gasteiger partial charge is 0.392 e. The lowest BCUT2D eigenvalue weighted by atomic mass is 9.76. The van der Waals surface area contributed by atoms with Gasteiger partial charge in [0.25, 0.3) is 0 Å². The van der Waals surface area contributed by atoms with Crippen LogP contribution in [0.2, 0.25) is 0 Å². The van der Waals surface area contributed by atoms with Gasteiger partial charge in [0.2, 0.25) is 0 Å². The molecule has 0 amide bonds. The molecule has 2 atom stereocenters. The Morgan fingerprint density at radius 3 is 2.60 bits per heavy atom. The van der Waals surface area contributed by atoms with E-state index in [2.05, 4.69) is 38.1 Å². The van der Waals surface area contributed by atoms with Gasteiger partial charge in [0.1, 0.15) is 6.10 Å². The molecule has 80 valence electrons. The molecular formula is C13H17NO. The van der Waals surface area contributed by atoms with Crippen molar-refractivity contribution in [2.45, 2.75) is 33.3 Å². The zero-order valence-corrected chi connectivity index (χ0v) is 9.53. The Balaban J connectivity index is 2.39. The summed E-state index contributed by atoms with van der Waals surface area (Å²) in [6.45, 7) is 6.49. The fourth-order valence-corrected chi connectivity index (χ4v) is 1.98. The van der Waals surface area contributed by atoms with Gasteiger partial charge in [0.05, 0.1) is 11.1 Å². The normalized spacial score (nSPS) is 29.8. The van der Waals surface area contributed by atoms with Gasteiger partial charge in [-0.15, -0.1) is 0 Å². The highest BCUT2D eigenvalue weighted by atomic mass is 16.6. The number of hydrogen-bond acceptors (Lipinski definition) is 2. The first-order valence-electron chi connectivity index (χ1n) is 5.48. The average molecular weight is 203 g/mol. The van der Waals surface area contributed by atoms with Crippen molar-refractivity contribution in [1.82, 2.24) is 0 Å². The van der Waals surface area contributed by atoms with Gasteiger partial charge >= 0.3 is 0 Å². The summed E-state index contributed by atoms with van der Waals surface area (Å²) in [5.41, 5.74) is 2.30. The van der Waals surface area contributed by atoms with Crippen molar-refractivity contribution in [2.24, 2.45) is 10.6 Å². The molecule has 1 aromatic carbocycles. The highest BCUT2D eigenvalue weighted by molar-refractivity contribution is 6.05. The average Bonchev–Trinajstić information content (AvgIpc) is 2.58. The highest BCUT2D eigenvalue weighted by Crippen LogP contribution is 2.37. The Labute approximate surface area is 90.9 Å². The molecule has 0 N–H and O–H groups in total. The number of benzene rings is 1. The van der Waals surface area contributed by atoms with E-state index in [1.165, 1.54) is 5.56 Å². The van der Waals surface area contributed by atoms with Gasteiger partial charge < -0.3 is 4.84 Å². The topological polar surface area (TPSA) is 21.6 Å². The second kappa shape index (κ2) is 3.69. The Bertz CT molecular complexity index is 371. The molecule has 1 aromatic rings. The monoisotopic (exact) mass is 203 g/mol. The molecule has 0 saturated heterocycles. The first-order valence-corrected chi connectivity index (χ1v) is 5.48. The van der Waals surface area contributed by atoms with Gasteiger partial charge in [-0.1, -0.05) is 49.3 Å². The summed E-state index contributed by atoms with van der Waals surface area (Å²) in [6.07, 6.45) is 1.21. The summed E-state index contributed by atoms with van der Waals surface area (Å²) in [5, 5.41) is 4.23. The van der Waals surface area contributed by atoms with Gasteiger partial charge in [-0.3, -0.25) is 0 Å². The molecule has 2 heteroatoms. The summed E-state index contributed by atoms with van der Waals surface area (Å²) in [4.78, 5) is 5.41. The molecule has 0 spiro atoms. The van der Waals surface area contributed by atoms with Crippen molar-refractivity contribution < 1.29 is 4.84 Å². The molecule has 0 aromatic heterocycles. The van der Waals surface area contributed by atoms with Crippen LogP contribution in [0.5, 0.6) is 0 Å². The van der Waals surface area contributed by atoms with Crippen molar-refractivity contribution in [3.8, 4) is 0 Å². The molecule has 1 aliphatic rings. The number of hydrogen-bond donors (Lipinski definition) is 0. The minimum absolute atomic E-state index is 0.0430. The third-order valence-corrected chi connectivity index (χ3v) is 3.52. The lowest BCUT2D eigenvalue weighted by Crippen LogP contribution is -2.33. The predicted octanol–water partition coefficient (Wildman–Crippen LogP) is 3.23. The molecule has 2 unspecified atom stereocenters. The van der Waals surface area contributed by atoms with Crippen LogP contribution in [0.3, 0.4) is 0 Å². The number of rotatable bonds is 2. The van der Waals surface area contributed by atoms with Crippen LogP contribution in [0, 0.1) is 5.41 Å². The molecule has 0 radical (unpaired) electrons. The van der Waals surface area contributed by atoms with E-state index in [0.717, 1.165) is 12.1 Å². The van der Waals surface area contributed by atoms with Gasteiger partial charge in [0, 0.05) is 5.56 Å². The van der Waals surface area contributed by atoms with Crippen molar-refractivity contribution >= 4 is 5.71 Å². The molecule has 2 nitrogen and oxygen atoms in total. The zero-order valence-electron chi connectivity index (χ0n) is 9.53. The van der Waals surface area contributed by atoms with Crippen molar-refractivity contribution in [3.05, 3.63) is 35.9 Å². The standard InChI is InChI=1S/C13H17NO/c1-4-13(3)10(2)15-14-12(13)11-8-6-5-7-9-11/h5-10H,4H2,1-3H3. The third kappa shape index (κ3) is 1.54. The second-order valence-corrected chi connectivity index (χ2v) is 4.32. The summed E-state index contributed by atoms with van der Waals surface area (Å²) in [7, 11) is 0. The summed E-state index contributed by atoms with van der Waals surface area (Å²) in [6, 6.07) is 10.3. The number of nitrogens with zero attached hydrogens (tertiary/aromatic N) is 1. The van der Waals surface area contributed by atoms with E-state index < -0.39 is 0 Å².